The molecule has 5 heteroatoms. The van der Waals surface area contributed by atoms with Crippen molar-refractivity contribution in [3.05, 3.63) is 58.1 Å². The van der Waals surface area contributed by atoms with E-state index in [1.54, 1.807) is 13.2 Å². The Hall–Kier alpha value is -2.33. The highest BCUT2D eigenvalue weighted by Gasteiger charge is 2.39. The van der Waals surface area contributed by atoms with Gasteiger partial charge in [0, 0.05) is 28.7 Å². The third-order valence-corrected chi connectivity index (χ3v) is 5.48. The van der Waals surface area contributed by atoms with Crippen molar-refractivity contribution in [2.24, 2.45) is 4.99 Å². The molecule has 0 radical (unpaired) electrons. The van der Waals surface area contributed by atoms with Gasteiger partial charge < -0.3 is 9.47 Å². The van der Waals surface area contributed by atoms with Gasteiger partial charge in [0.15, 0.2) is 11.5 Å². The Kier molecular flexibility index (Phi) is 4.31. The van der Waals surface area contributed by atoms with Gasteiger partial charge in [0.05, 0.1) is 18.4 Å². The van der Waals surface area contributed by atoms with E-state index in [0.717, 1.165) is 46.7 Å². The van der Waals surface area contributed by atoms with Gasteiger partial charge >= 0.3 is 0 Å². The minimum atomic E-state index is -0.470. The molecule has 0 saturated carbocycles. The van der Waals surface area contributed by atoms with E-state index in [0.29, 0.717) is 5.56 Å². The Bertz CT molecular complexity index is 1020. The zero-order valence-electron chi connectivity index (χ0n) is 16.9. The van der Waals surface area contributed by atoms with Gasteiger partial charge in [-0.1, -0.05) is 18.2 Å². The number of carbonyl (C=O) groups is 1. The number of carbonyl (C=O) groups excluding carboxylic acids is 1. The minimum Gasteiger partial charge on any atom is -0.493 e. The molecular formula is C23H24ClNO3. The van der Waals surface area contributed by atoms with Crippen LogP contribution in [0.4, 0.5) is 0 Å². The number of halogens is 1. The molecule has 2 aliphatic rings. The first-order valence-electron chi connectivity index (χ1n) is 9.42. The molecule has 0 spiro atoms. The molecule has 0 saturated heterocycles. The Balaban J connectivity index is 1.98. The Morgan fingerprint density at radius 3 is 2.61 bits per heavy atom. The minimum absolute atomic E-state index is 0.266. The number of ether oxygens (including phenoxy) is 2. The Labute approximate surface area is 170 Å². The predicted molar refractivity (Wildman–Crippen MR) is 111 cm³/mol. The van der Waals surface area contributed by atoms with Crippen LogP contribution in [-0.4, -0.2) is 29.2 Å². The van der Waals surface area contributed by atoms with Gasteiger partial charge in [-0.2, -0.15) is 0 Å². The van der Waals surface area contributed by atoms with Gasteiger partial charge in [0.2, 0.25) is 0 Å². The first kappa shape index (κ1) is 19.0. The molecule has 2 aromatic rings. The fourth-order valence-corrected chi connectivity index (χ4v) is 4.34. The first-order valence-corrected chi connectivity index (χ1v) is 9.80. The van der Waals surface area contributed by atoms with E-state index >= 15 is 0 Å². The van der Waals surface area contributed by atoms with Crippen molar-refractivity contribution in [2.75, 3.05) is 7.11 Å². The summed E-state index contributed by atoms with van der Waals surface area (Å²) in [4.78, 5) is 16.8. The average Bonchev–Trinajstić information content (AvgIpc) is 2.94. The van der Waals surface area contributed by atoms with Crippen LogP contribution < -0.4 is 9.47 Å². The van der Waals surface area contributed by atoms with E-state index in [-0.39, 0.29) is 11.1 Å². The Morgan fingerprint density at radius 1 is 1.18 bits per heavy atom. The number of benzene rings is 2. The summed E-state index contributed by atoms with van der Waals surface area (Å²) in [6, 6.07) is 9.43. The molecule has 0 atom stereocenters. The number of aliphatic imine (C=N–C) groups is 1. The number of hydrogen-bond donors (Lipinski definition) is 0. The first-order chi connectivity index (χ1) is 13.1. The van der Waals surface area contributed by atoms with Crippen LogP contribution in [0.25, 0.3) is 0 Å². The molecule has 0 N–H and O–H groups in total. The molecule has 0 amide bonds. The van der Waals surface area contributed by atoms with Gasteiger partial charge in [-0.05, 0) is 63.4 Å². The highest BCUT2D eigenvalue weighted by Crippen LogP contribution is 2.47. The fourth-order valence-electron chi connectivity index (χ4n) is 4.22. The van der Waals surface area contributed by atoms with Crippen LogP contribution in [0.5, 0.6) is 11.5 Å². The molecular weight excluding hydrogens is 374 g/mol. The van der Waals surface area contributed by atoms with E-state index in [1.807, 2.05) is 18.2 Å². The van der Waals surface area contributed by atoms with Crippen LogP contribution in [0.3, 0.4) is 0 Å². The van der Waals surface area contributed by atoms with Crippen molar-refractivity contribution in [1.82, 2.24) is 0 Å². The maximum atomic E-state index is 11.7. The van der Waals surface area contributed by atoms with Gasteiger partial charge in [0.1, 0.15) is 5.60 Å². The molecule has 0 aromatic heterocycles. The lowest BCUT2D eigenvalue weighted by molar-refractivity contribution is 0.108. The van der Waals surface area contributed by atoms with E-state index in [2.05, 4.69) is 33.8 Å². The average molecular weight is 398 g/mol. The summed E-state index contributed by atoms with van der Waals surface area (Å²) in [5.74, 6) is 1.56. The number of methoxy groups -OCH3 is 1. The topological polar surface area (TPSA) is 47.9 Å². The molecule has 2 heterocycles. The fraction of sp³-hybridized carbons (Fsp3) is 0.391. The second kappa shape index (κ2) is 6.35. The monoisotopic (exact) mass is 397 g/mol. The highest BCUT2D eigenvalue weighted by atomic mass is 35.5. The lowest BCUT2D eigenvalue weighted by Gasteiger charge is -2.31. The standard InChI is InChI=1S/C23H24ClNO3/c1-22(2)11-15-10-17(27-5)20-16(12-23(3,4)28-20)18(15)19(25-22)13-7-6-8-14(9-13)21(24)26/h6-10H,11-12H2,1-5H3. The summed E-state index contributed by atoms with van der Waals surface area (Å²) in [6.45, 7) is 8.39. The second-order valence-electron chi connectivity index (χ2n) is 8.76. The molecule has 28 heavy (non-hydrogen) atoms. The molecule has 0 unspecified atom stereocenters. The molecule has 0 bridgehead atoms. The highest BCUT2D eigenvalue weighted by molar-refractivity contribution is 6.67. The van der Waals surface area contributed by atoms with Crippen LogP contribution in [-0.2, 0) is 12.8 Å². The number of hydrogen-bond acceptors (Lipinski definition) is 4. The van der Waals surface area contributed by atoms with Gasteiger partial charge in [0.25, 0.3) is 5.24 Å². The third-order valence-electron chi connectivity index (χ3n) is 5.26. The van der Waals surface area contributed by atoms with Crippen LogP contribution in [0, 0.1) is 0 Å². The number of nitrogens with zero attached hydrogens (tertiary/aromatic N) is 1. The van der Waals surface area contributed by atoms with Gasteiger partial charge in [-0.25, -0.2) is 0 Å². The predicted octanol–water partition coefficient (Wildman–Crippen LogP) is 4.96. The number of fused-ring (bicyclic) bond motifs is 3. The van der Waals surface area contributed by atoms with Crippen molar-refractivity contribution in [3.8, 4) is 11.5 Å². The largest absolute Gasteiger partial charge is 0.493 e. The Morgan fingerprint density at radius 2 is 1.93 bits per heavy atom. The maximum absolute atomic E-state index is 11.7. The van der Waals surface area contributed by atoms with Crippen molar-refractivity contribution in [1.29, 1.82) is 0 Å². The lowest BCUT2D eigenvalue weighted by Crippen LogP contribution is -2.30. The molecule has 0 aliphatic carbocycles. The normalized spacial score (nSPS) is 18.6. The number of rotatable bonds is 3. The van der Waals surface area contributed by atoms with Crippen molar-refractivity contribution >= 4 is 22.6 Å². The van der Waals surface area contributed by atoms with Crippen molar-refractivity contribution in [2.45, 2.75) is 51.7 Å². The molecule has 2 aliphatic heterocycles. The molecule has 0 fully saturated rings. The van der Waals surface area contributed by atoms with Crippen LogP contribution in [0.1, 0.15) is 60.3 Å². The summed E-state index contributed by atoms with van der Waals surface area (Å²) in [6.07, 6.45) is 1.58. The summed E-state index contributed by atoms with van der Waals surface area (Å²) >= 11 is 5.73. The summed E-state index contributed by atoms with van der Waals surface area (Å²) < 4.78 is 11.9. The zero-order chi connectivity index (χ0) is 20.3. The van der Waals surface area contributed by atoms with Crippen molar-refractivity contribution in [3.63, 3.8) is 0 Å². The van der Waals surface area contributed by atoms with Crippen molar-refractivity contribution < 1.29 is 14.3 Å². The summed E-state index contributed by atoms with van der Waals surface area (Å²) in [5.41, 5.74) is 5.07. The zero-order valence-corrected chi connectivity index (χ0v) is 17.6. The smallest absolute Gasteiger partial charge is 0.252 e. The van der Waals surface area contributed by atoms with E-state index < -0.39 is 5.24 Å². The van der Waals surface area contributed by atoms with Crippen LogP contribution in [0.15, 0.2) is 35.3 Å². The van der Waals surface area contributed by atoms with Crippen LogP contribution >= 0.6 is 11.6 Å². The SMILES string of the molecule is COc1cc2c(c3c1OC(C)(C)C3)C(c1cccc(C(=O)Cl)c1)=NC(C)(C)C2. The molecule has 4 nitrogen and oxygen atoms in total. The molecule has 146 valence electrons. The lowest BCUT2D eigenvalue weighted by atomic mass is 9.81. The second-order valence-corrected chi connectivity index (χ2v) is 9.11. The maximum Gasteiger partial charge on any atom is 0.252 e. The van der Waals surface area contributed by atoms with E-state index in [1.165, 1.54) is 5.56 Å². The van der Waals surface area contributed by atoms with E-state index in [4.69, 9.17) is 26.1 Å². The third kappa shape index (κ3) is 3.20. The molecule has 2 aromatic carbocycles. The summed E-state index contributed by atoms with van der Waals surface area (Å²) in [5, 5.41) is -0.470. The molecule has 4 rings (SSSR count). The summed E-state index contributed by atoms with van der Waals surface area (Å²) in [7, 11) is 1.68. The van der Waals surface area contributed by atoms with Gasteiger partial charge in [-0.3, -0.25) is 9.79 Å². The quantitative estimate of drug-likeness (QED) is 0.688. The van der Waals surface area contributed by atoms with Crippen LogP contribution in [0.2, 0.25) is 0 Å². The van der Waals surface area contributed by atoms with Gasteiger partial charge in [-0.15, -0.1) is 0 Å². The van der Waals surface area contributed by atoms with E-state index in [9.17, 15) is 4.79 Å².